The zero-order valence-electron chi connectivity index (χ0n) is 17.1. The molecule has 0 radical (unpaired) electrons. The van der Waals surface area contributed by atoms with Crippen LogP contribution in [-0.4, -0.2) is 30.2 Å². The monoisotopic (exact) mass is 407 g/mol. The van der Waals surface area contributed by atoms with E-state index in [0.29, 0.717) is 11.0 Å². The molecule has 2 heterocycles. The van der Waals surface area contributed by atoms with Crippen molar-refractivity contribution in [1.29, 1.82) is 0 Å². The molecule has 29 heavy (non-hydrogen) atoms. The molecule has 5 heteroatoms. The van der Waals surface area contributed by atoms with Gasteiger partial charge in [-0.05, 0) is 92.9 Å². The lowest BCUT2D eigenvalue weighted by Gasteiger charge is -2.34. The highest BCUT2D eigenvalue weighted by Gasteiger charge is 2.45. The summed E-state index contributed by atoms with van der Waals surface area (Å²) in [5, 5.41) is 3.09. The molecule has 1 aromatic heterocycles. The number of piperidine rings is 1. The number of thioether (sulfide) groups is 1. The summed E-state index contributed by atoms with van der Waals surface area (Å²) in [4.78, 5) is 21.7. The van der Waals surface area contributed by atoms with Crippen molar-refractivity contribution in [3.63, 3.8) is 0 Å². The number of hydrogen-bond acceptors (Lipinski definition) is 4. The molecule has 3 aliphatic rings. The van der Waals surface area contributed by atoms with E-state index in [2.05, 4.69) is 22.3 Å². The first kappa shape index (κ1) is 19.0. The van der Waals surface area contributed by atoms with Gasteiger partial charge >= 0.3 is 0 Å². The van der Waals surface area contributed by atoms with Crippen molar-refractivity contribution < 1.29 is 4.79 Å². The van der Waals surface area contributed by atoms with Crippen LogP contribution in [0.5, 0.6) is 0 Å². The number of nitrogens with zero attached hydrogens (tertiary/aromatic N) is 2. The van der Waals surface area contributed by atoms with Gasteiger partial charge in [0.15, 0.2) is 0 Å². The zero-order valence-corrected chi connectivity index (χ0v) is 17.9. The third kappa shape index (κ3) is 4.30. The predicted molar refractivity (Wildman–Crippen MR) is 120 cm³/mol. The third-order valence-corrected chi connectivity index (χ3v) is 7.51. The summed E-state index contributed by atoms with van der Waals surface area (Å²) in [6, 6.07) is 12.1. The van der Waals surface area contributed by atoms with E-state index in [4.69, 9.17) is 4.98 Å². The van der Waals surface area contributed by atoms with Crippen molar-refractivity contribution in [1.82, 2.24) is 4.98 Å². The Hall–Kier alpha value is -2.01. The van der Waals surface area contributed by atoms with Crippen molar-refractivity contribution in [2.75, 3.05) is 29.6 Å². The molecule has 1 N–H and O–H groups in total. The van der Waals surface area contributed by atoms with Gasteiger partial charge in [-0.1, -0.05) is 6.07 Å². The van der Waals surface area contributed by atoms with Crippen LogP contribution < -0.4 is 10.2 Å². The van der Waals surface area contributed by atoms with Crippen molar-refractivity contribution in [2.45, 2.75) is 49.8 Å². The van der Waals surface area contributed by atoms with Gasteiger partial charge in [-0.25, -0.2) is 4.98 Å². The quantitative estimate of drug-likeness (QED) is 0.652. The van der Waals surface area contributed by atoms with E-state index in [1.54, 1.807) is 11.8 Å². The van der Waals surface area contributed by atoms with Crippen LogP contribution in [0.2, 0.25) is 0 Å². The van der Waals surface area contributed by atoms with E-state index >= 15 is 0 Å². The van der Waals surface area contributed by atoms with Crippen LogP contribution in [0.3, 0.4) is 0 Å². The Balaban J connectivity index is 1.40. The molecule has 2 aliphatic carbocycles. The topological polar surface area (TPSA) is 45.2 Å². The second-order valence-corrected chi connectivity index (χ2v) is 9.87. The van der Waals surface area contributed by atoms with E-state index in [-0.39, 0.29) is 5.91 Å². The minimum absolute atomic E-state index is 0.0598. The summed E-state index contributed by atoms with van der Waals surface area (Å²) in [6.07, 6.45) is 11.0. The Morgan fingerprint density at radius 2 is 1.97 bits per heavy atom. The molecule has 3 fully saturated rings. The molecule has 1 aliphatic heterocycles. The third-order valence-electron chi connectivity index (χ3n) is 6.78. The minimum atomic E-state index is -0.0598. The Morgan fingerprint density at radius 1 is 1.17 bits per heavy atom. The van der Waals surface area contributed by atoms with E-state index in [1.165, 1.54) is 38.5 Å². The summed E-state index contributed by atoms with van der Waals surface area (Å²) in [7, 11) is 0. The molecule has 2 aromatic rings. The number of rotatable bonds is 6. The molecule has 1 spiro atoms. The van der Waals surface area contributed by atoms with Crippen LogP contribution in [0.25, 0.3) is 0 Å². The normalized spacial score (nSPS) is 20.0. The van der Waals surface area contributed by atoms with Crippen LogP contribution >= 0.6 is 11.8 Å². The zero-order chi connectivity index (χ0) is 19.8. The van der Waals surface area contributed by atoms with Gasteiger partial charge in [0.2, 0.25) is 0 Å². The number of carbonyl (C=O) groups is 1. The van der Waals surface area contributed by atoms with Gasteiger partial charge in [0.1, 0.15) is 5.82 Å². The average molecular weight is 408 g/mol. The summed E-state index contributed by atoms with van der Waals surface area (Å²) in [5.74, 6) is 1.62. The molecule has 4 nitrogen and oxygen atoms in total. The fourth-order valence-corrected chi connectivity index (χ4v) is 4.87. The number of anilines is 2. The fraction of sp³-hybridized carbons (Fsp3) is 0.500. The van der Waals surface area contributed by atoms with Gasteiger partial charge in [-0.3, -0.25) is 4.79 Å². The van der Waals surface area contributed by atoms with Crippen molar-refractivity contribution in [3.05, 3.63) is 47.7 Å². The maximum Gasteiger partial charge on any atom is 0.259 e. The van der Waals surface area contributed by atoms with Gasteiger partial charge < -0.3 is 10.2 Å². The maximum absolute atomic E-state index is 13.2. The summed E-state index contributed by atoms with van der Waals surface area (Å²) >= 11 is 1.68. The minimum Gasteiger partial charge on any atom is -0.356 e. The van der Waals surface area contributed by atoms with E-state index in [1.807, 2.05) is 30.5 Å². The SMILES string of the molecule is CSc1cccc(NC(=O)c2ccc(CC3CC3)nc2N2CCC3(CC2)CC3)c1. The molecule has 152 valence electrons. The number of aromatic nitrogens is 1. The number of benzene rings is 1. The molecule has 0 unspecified atom stereocenters. The number of hydrogen-bond donors (Lipinski definition) is 1. The van der Waals surface area contributed by atoms with E-state index in [9.17, 15) is 4.79 Å². The van der Waals surface area contributed by atoms with Crippen LogP contribution in [0, 0.1) is 11.3 Å². The first-order chi connectivity index (χ1) is 14.1. The van der Waals surface area contributed by atoms with Crippen LogP contribution in [0.15, 0.2) is 41.3 Å². The Labute approximate surface area is 177 Å². The molecule has 5 rings (SSSR count). The van der Waals surface area contributed by atoms with E-state index < -0.39 is 0 Å². The lowest BCUT2D eigenvalue weighted by atomic mass is 9.93. The van der Waals surface area contributed by atoms with Crippen molar-refractivity contribution >= 4 is 29.2 Å². The van der Waals surface area contributed by atoms with Crippen LogP contribution in [0.4, 0.5) is 11.5 Å². The average Bonchev–Trinajstić information content (AvgIpc) is 3.68. The Bertz CT molecular complexity index is 910. The first-order valence-corrected chi connectivity index (χ1v) is 12.1. The molecular formula is C24H29N3OS. The highest BCUT2D eigenvalue weighted by molar-refractivity contribution is 7.98. The van der Waals surface area contributed by atoms with Gasteiger partial charge in [-0.15, -0.1) is 11.8 Å². The number of nitrogens with one attached hydrogen (secondary N) is 1. The second kappa shape index (κ2) is 7.67. The predicted octanol–water partition coefficient (Wildman–Crippen LogP) is 5.39. The molecule has 1 amide bonds. The largest absolute Gasteiger partial charge is 0.356 e. The second-order valence-electron chi connectivity index (χ2n) is 8.99. The lowest BCUT2D eigenvalue weighted by molar-refractivity contribution is 0.102. The van der Waals surface area contributed by atoms with Crippen molar-refractivity contribution in [2.24, 2.45) is 11.3 Å². The Morgan fingerprint density at radius 3 is 2.66 bits per heavy atom. The summed E-state index contributed by atoms with van der Waals surface area (Å²) < 4.78 is 0. The fourth-order valence-electron chi connectivity index (χ4n) is 4.41. The van der Waals surface area contributed by atoms with Crippen LogP contribution in [-0.2, 0) is 6.42 Å². The van der Waals surface area contributed by atoms with E-state index in [0.717, 1.165) is 47.5 Å². The lowest BCUT2D eigenvalue weighted by Crippen LogP contribution is -2.36. The number of pyridine rings is 1. The summed E-state index contributed by atoms with van der Waals surface area (Å²) in [5.41, 5.74) is 3.29. The van der Waals surface area contributed by atoms with Crippen LogP contribution in [0.1, 0.15) is 54.6 Å². The summed E-state index contributed by atoms with van der Waals surface area (Å²) in [6.45, 7) is 2.03. The standard InChI is InChI=1S/C24H29N3OS/c1-29-20-4-2-3-18(16-20)26-23(28)21-8-7-19(15-17-5-6-17)25-22(21)27-13-11-24(9-10-24)12-14-27/h2-4,7-8,16-17H,5-6,9-15H2,1H3,(H,26,28). The molecule has 1 aromatic carbocycles. The highest BCUT2D eigenvalue weighted by atomic mass is 32.2. The molecular weight excluding hydrogens is 378 g/mol. The van der Waals surface area contributed by atoms with Gasteiger partial charge in [0.05, 0.1) is 5.56 Å². The molecule has 0 bridgehead atoms. The number of amides is 1. The molecule has 2 saturated carbocycles. The highest BCUT2D eigenvalue weighted by Crippen LogP contribution is 2.54. The smallest absolute Gasteiger partial charge is 0.259 e. The number of carbonyl (C=O) groups excluding carboxylic acids is 1. The first-order valence-electron chi connectivity index (χ1n) is 10.8. The van der Waals surface area contributed by atoms with Gasteiger partial charge in [0.25, 0.3) is 5.91 Å². The van der Waals surface area contributed by atoms with Gasteiger partial charge in [-0.2, -0.15) is 0 Å². The van der Waals surface area contributed by atoms with Gasteiger partial charge in [0, 0.05) is 29.4 Å². The molecule has 0 atom stereocenters. The Kier molecular flexibility index (Phi) is 5.02. The maximum atomic E-state index is 13.2. The molecule has 1 saturated heterocycles. The van der Waals surface area contributed by atoms with Crippen molar-refractivity contribution in [3.8, 4) is 0 Å².